The van der Waals surface area contributed by atoms with Gasteiger partial charge in [-0.3, -0.25) is 14.6 Å². The highest BCUT2D eigenvalue weighted by molar-refractivity contribution is 5.75. The van der Waals surface area contributed by atoms with Gasteiger partial charge >= 0.3 is 0 Å². The van der Waals surface area contributed by atoms with Crippen LogP contribution in [-0.4, -0.2) is 74.1 Å². The van der Waals surface area contributed by atoms with E-state index in [0.29, 0.717) is 30.1 Å². The molecule has 1 amide bonds. The lowest BCUT2D eigenvalue weighted by atomic mass is 9.85. The summed E-state index contributed by atoms with van der Waals surface area (Å²) in [6.07, 6.45) is 4.94. The third kappa shape index (κ3) is 4.98. The molecule has 0 bridgehead atoms. The number of rotatable bonds is 6. The number of hydrogen-bond acceptors (Lipinski definition) is 4. The van der Waals surface area contributed by atoms with Gasteiger partial charge in [0.15, 0.2) is 0 Å². The van der Waals surface area contributed by atoms with Gasteiger partial charge in [0.1, 0.15) is 5.82 Å². The molecular weight excluding hydrogens is 427 g/mol. The van der Waals surface area contributed by atoms with Gasteiger partial charge < -0.3 is 10.2 Å². The highest BCUT2D eigenvalue weighted by Crippen LogP contribution is 2.33. The van der Waals surface area contributed by atoms with Gasteiger partial charge in [-0.1, -0.05) is 36.4 Å². The number of fused-ring (bicyclic) bond motifs is 1. The number of para-hydroxylation sites is 1. The molecule has 2 aromatic carbocycles. The zero-order valence-corrected chi connectivity index (χ0v) is 20.3. The standard InChI is InChI=1S/C28H37FN4O/c1-30-28(34)11-10-23-20-33(24-18-21-6-2-3-7-22(21)19-24)13-12-26(23)31-14-16-32(17-15-31)27-9-5-4-8-25(27)29/h2-9,23-24,26H,10-20H2,1H3,(H,30,34)/t23-,26+/m1/s1. The van der Waals surface area contributed by atoms with Crippen LogP contribution in [0.2, 0.25) is 0 Å². The minimum absolute atomic E-state index is 0.133. The molecule has 182 valence electrons. The molecule has 1 aliphatic carbocycles. The Morgan fingerprint density at radius 3 is 2.29 bits per heavy atom. The first kappa shape index (κ1) is 23.3. The zero-order valence-electron chi connectivity index (χ0n) is 20.3. The van der Waals surface area contributed by atoms with Crippen molar-refractivity contribution in [3.8, 4) is 0 Å². The van der Waals surface area contributed by atoms with Crippen molar-refractivity contribution in [1.82, 2.24) is 15.1 Å². The van der Waals surface area contributed by atoms with E-state index in [-0.39, 0.29) is 11.7 Å². The third-order valence-corrected chi connectivity index (χ3v) is 8.27. The van der Waals surface area contributed by atoms with Crippen LogP contribution < -0.4 is 10.2 Å². The summed E-state index contributed by atoms with van der Waals surface area (Å²) < 4.78 is 14.3. The Labute approximate surface area is 202 Å². The van der Waals surface area contributed by atoms with Crippen molar-refractivity contribution in [1.29, 1.82) is 0 Å². The molecule has 34 heavy (non-hydrogen) atoms. The average Bonchev–Trinajstić information content (AvgIpc) is 3.32. The minimum Gasteiger partial charge on any atom is -0.367 e. The molecule has 5 nitrogen and oxygen atoms in total. The van der Waals surface area contributed by atoms with Crippen LogP contribution >= 0.6 is 0 Å². The summed E-state index contributed by atoms with van der Waals surface area (Å²) in [7, 11) is 1.73. The Hall–Kier alpha value is -2.44. The second kappa shape index (κ2) is 10.4. The molecule has 0 saturated carbocycles. The molecule has 2 fully saturated rings. The first-order chi connectivity index (χ1) is 16.6. The van der Waals surface area contributed by atoms with Gasteiger partial charge in [0.2, 0.25) is 5.91 Å². The number of nitrogens with one attached hydrogen (secondary N) is 1. The molecule has 0 unspecified atom stereocenters. The van der Waals surface area contributed by atoms with Crippen LogP contribution in [0, 0.1) is 11.7 Å². The van der Waals surface area contributed by atoms with E-state index in [1.54, 1.807) is 19.2 Å². The molecule has 2 atom stereocenters. The van der Waals surface area contributed by atoms with Crippen LogP contribution in [-0.2, 0) is 17.6 Å². The molecule has 1 N–H and O–H groups in total. The number of piperazine rings is 1. The number of anilines is 1. The van der Waals surface area contributed by atoms with Gasteiger partial charge in [-0.25, -0.2) is 4.39 Å². The van der Waals surface area contributed by atoms with Crippen LogP contribution in [0.15, 0.2) is 48.5 Å². The molecule has 6 heteroatoms. The van der Waals surface area contributed by atoms with Crippen molar-refractivity contribution in [2.24, 2.45) is 5.92 Å². The first-order valence-electron chi connectivity index (χ1n) is 12.9. The van der Waals surface area contributed by atoms with Crippen LogP contribution in [0.1, 0.15) is 30.4 Å². The van der Waals surface area contributed by atoms with Gasteiger partial charge in [0.25, 0.3) is 0 Å². The molecule has 2 aromatic rings. The Bertz CT molecular complexity index is 965. The van der Waals surface area contributed by atoms with Crippen molar-refractivity contribution in [2.75, 3.05) is 51.2 Å². The molecule has 2 saturated heterocycles. The number of likely N-dealkylation sites (tertiary alicyclic amines) is 1. The van der Waals surface area contributed by atoms with Gasteiger partial charge in [0, 0.05) is 58.3 Å². The molecule has 0 spiro atoms. The summed E-state index contributed by atoms with van der Waals surface area (Å²) in [6, 6.07) is 17.0. The predicted octanol–water partition coefficient (Wildman–Crippen LogP) is 3.33. The fourth-order valence-corrected chi connectivity index (χ4v) is 6.38. The monoisotopic (exact) mass is 464 g/mol. The lowest BCUT2D eigenvalue weighted by Crippen LogP contribution is -2.58. The fourth-order valence-electron chi connectivity index (χ4n) is 6.38. The van der Waals surface area contributed by atoms with Crippen LogP contribution in [0.25, 0.3) is 0 Å². The van der Waals surface area contributed by atoms with E-state index in [0.717, 1.165) is 65.0 Å². The number of halogens is 1. The van der Waals surface area contributed by atoms with E-state index in [1.165, 1.54) is 11.1 Å². The van der Waals surface area contributed by atoms with Crippen LogP contribution in [0.5, 0.6) is 0 Å². The second-order valence-corrected chi connectivity index (χ2v) is 10.1. The number of carbonyl (C=O) groups excluding carboxylic acids is 1. The van der Waals surface area contributed by atoms with Crippen molar-refractivity contribution in [3.63, 3.8) is 0 Å². The molecule has 5 rings (SSSR count). The third-order valence-electron chi connectivity index (χ3n) is 8.27. The molecular formula is C28H37FN4O. The maximum Gasteiger partial charge on any atom is 0.219 e. The van der Waals surface area contributed by atoms with Gasteiger partial charge in [-0.05, 0) is 61.4 Å². The summed E-state index contributed by atoms with van der Waals surface area (Å²) in [4.78, 5) is 19.6. The highest BCUT2D eigenvalue weighted by atomic mass is 19.1. The average molecular weight is 465 g/mol. The summed E-state index contributed by atoms with van der Waals surface area (Å²) in [6.45, 7) is 5.78. The number of nitrogens with zero attached hydrogens (tertiary/aromatic N) is 3. The lowest BCUT2D eigenvalue weighted by Gasteiger charge is -2.48. The SMILES string of the molecule is CNC(=O)CC[C@@H]1CN(C2Cc3ccccc3C2)CC[C@@H]1N1CCN(c2ccccc2F)CC1. The van der Waals surface area contributed by atoms with Gasteiger partial charge in [-0.15, -0.1) is 0 Å². The predicted molar refractivity (Wildman–Crippen MR) is 135 cm³/mol. The summed E-state index contributed by atoms with van der Waals surface area (Å²) in [5.41, 5.74) is 3.72. The van der Waals surface area contributed by atoms with Crippen LogP contribution in [0.4, 0.5) is 10.1 Å². The summed E-state index contributed by atoms with van der Waals surface area (Å²) in [5.74, 6) is 0.480. The van der Waals surface area contributed by atoms with Crippen molar-refractivity contribution < 1.29 is 9.18 Å². The second-order valence-electron chi connectivity index (χ2n) is 10.1. The zero-order chi connectivity index (χ0) is 23.5. The van der Waals surface area contributed by atoms with E-state index < -0.39 is 0 Å². The Kier molecular flexibility index (Phi) is 7.16. The molecule has 0 radical (unpaired) electrons. The molecule has 2 aliphatic heterocycles. The van der Waals surface area contributed by atoms with E-state index in [4.69, 9.17) is 0 Å². The maximum absolute atomic E-state index is 14.3. The number of amides is 1. The van der Waals surface area contributed by atoms with E-state index in [1.807, 2.05) is 12.1 Å². The minimum atomic E-state index is -0.134. The largest absolute Gasteiger partial charge is 0.367 e. The smallest absolute Gasteiger partial charge is 0.219 e. The normalized spacial score (nSPS) is 24.2. The number of hydrogen-bond donors (Lipinski definition) is 1. The Morgan fingerprint density at radius 1 is 0.941 bits per heavy atom. The van der Waals surface area contributed by atoms with Crippen molar-refractivity contribution >= 4 is 11.6 Å². The summed E-state index contributed by atoms with van der Waals surface area (Å²) >= 11 is 0. The first-order valence-corrected chi connectivity index (χ1v) is 12.9. The van der Waals surface area contributed by atoms with E-state index in [9.17, 15) is 9.18 Å². The highest BCUT2D eigenvalue weighted by Gasteiger charge is 2.38. The quantitative estimate of drug-likeness (QED) is 0.712. The molecule has 2 heterocycles. The van der Waals surface area contributed by atoms with Crippen molar-refractivity contribution in [2.45, 2.75) is 44.2 Å². The van der Waals surface area contributed by atoms with Gasteiger partial charge in [-0.2, -0.15) is 0 Å². The maximum atomic E-state index is 14.3. The Morgan fingerprint density at radius 2 is 1.62 bits per heavy atom. The number of carbonyl (C=O) groups is 1. The fraction of sp³-hybridized carbons (Fsp3) is 0.536. The molecule has 0 aromatic heterocycles. The summed E-state index contributed by atoms with van der Waals surface area (Å²) in [5, 5.41) is 2.80. The van der Waals surface area contributed by atoms with Gasteiger partial charge in [0.05, 0.1) is 5.69 Å². The topological polar surface area (TPSA) is 38.8 Å². The lowest BCUT2D eigenvalue weighted by molar-refractivity contribution is -0.121. The van der Waals surface area contributed by atoms with Crippen molar-refractivity contribution in [3.05, 3.63) is 65.5 Å². The number of benzene rings is 2. The van der Waals surface area contributed by atoms with E-state index in [2.05, 4.69) is 44.3 Å². The number of piperidine rings is 1. The Balaban J connectivity index is 1.23. The van der Waals surface area contributed by atoms with E-state index >= 15 is 0 Å². The van der Waals surface area contributed by atoms with Crippen LogP contribution in [0.3, 0.4) is 0 Å². The molecule has 3 aliphatic rings.